The summed E-state index contributed by atoms with van der Waals surface area (Å²) in [4.78, 5) is 33.5. The predicted octanol–water partition coefficient (Wildman–Crippen LogP) is 3.50. The Labute approximate surface area is 146 Å². The summed E-state index contributed by atoms with van der Waals surface area (Å²) in [6, 6.07) is 13.2. The van der Waals surface area contributed by atoms with Gasteiger partial charge in [-0.25, -0.2) is 0 Å². The Kier molecular flexibility index (Phi) is 4.80. The highest BCUT2D eigenvalue weighted by atomic mass is 32.2. The van der Waals surface area contributed by atoms with Gasteiger partial charge in [-0.15, -0.1) is 0 Å². The number of hydrogen-bond donors (Lipinski definition) is 1. The van der Waals surface area contributed by atoms with Gasteiger partial charge in [0, 0.05) is 6.07 Å². The van der Waals surface area contributed by atoms with E-state index in [1.807, 2.05) is 0 Å². The molecule has 2 aromatic rings. The average molecular weight is 356 g/mol. The van der Waals surface area contributed by atoms with Crippen LogP contribution in [0.1, 0.15) is 11.1 Å². The van der Waals surface area contributed by atoms with E-state index in [9.17, 15) is 19.7 Å². The molecular formula is C17H12N2O5S. The summed E-state index contributed by atoms with van der Waals surface area (Å²) in [6.45, 7) is 0.0738. The van der Waals surface area contributed by atoms with Gasteiger partial charge >= 0.3 is 0 Å². The number of rotatable bonds is 5. The second-order valence-corrected chi connectivity index (χ2v) is 6.11. The van der Waals surface area contributed by atoms with E-state index in [1.165, 1.54) is 6.07 Å². The van der Waals surface area contributed by atoms with Crippen molar-refractivity contribution in [3.63, 3.8) is 0 Å². The molecule has 1 N–H and O–H groups in total. The van der Waals surface area contributed by atoms with Crippen LogP contribution in [0.15, 0.2) is 53.4 Å². The molecule has 0 aliphatic carbocycles. The number of amides is 2. The molecule has 0 atom stereocenters. The summed E-state index contributed by atoms with van der Waals surface area (Å²) in [5.74, 6) is 0.131. The standard InChI is InChI=1S/C17H12N2O5S/c20-16-15(25-17(21)18-16)9-11-5-7-13(8-6-11)24-10-12-3-1-2-4-14(12)19(22)23/h1-9H,10H2,(H,18,20,21)/b15-9-. The Bertz CT molecular complexity index is 877. The third-order valence-corrected chi connectivity index (χ3v) is 4.21. The van der Waals surface area contributed by atoms with Crippen molar-refractivity contribution in [2.45, 2.75) is 6.61 Å². The number of benzene rings is 2. The molecule has 7 nitrogen and oxygen atoms in total. The van der Waals surface area contributed by atoms with Crippen LogP contribution in [-0.4, -0.2) is 16.1 Å². The fourth-order valence-corrected chi connectivity index (χ4v) is 2.89. The number of para-hydroxylation sites is 1. The van der Waals surface area contributed by atoms with Crippen molar-refractivity contribution in [2.24, 2.45) is 0 Å². The highest BCUT2D eigenvalue weighted by Gasteiger charge is 2.24. The first kappa shape index (κ1) is 16.7. The largest absolute Gasteiger partial charge is 0.489 e. The smallest absolute Gasteiger partial charge is 0.290 e. The minimum atomic E-state index is -0.445. The van der Waals surface area contributed by atoms with Crippen LogP contribution in [0.3, 0.4) is 0 Å². The number of carbonyl (C=O) groups excluding carboxylic acids is 2. The summed E-state index contributed by atoms with van der Waals surface area (Å²) in [7, 11) is 0. The lowest BCUT2D eigenvalue weighted by molar-refractivity contribution is -0.385. The van der Waals surface area contributed by atoms with Crippen molar-refractivity contribution < 1.29 is 19.2 Å². The molecule has 126 valence electrons. The van der Waals surface area contributed by atoms with Crippen LogP contribution in [0.2, 0.25) is 0 Å². The van der Waals surface area contributed by atoms with Crippen molar-refractivity contribution in [3.8, 4) is 5.75 Å². The minimum absolute atomic E-state index is 0.0118. The van der Waals surface area contributed by atoms with E-state index in [4.69, 9.17) is 4.74 Å². The van der Waals surface area contributed by atoms with Gasteiger partial charge in [-0.05, 0) is 41.6 Å². The number of ether oxygens (including phenoxy) is 1. The average Bonchev–Trinajstić information content (AvgIpc) is 2.91. The molecule has 1 heterocycles. The number of nitrogens with zero attached hydrogens (tertiary/aromatic N) is 1. The molecule has 1 aliphatic rings. The minimum Gasteiger partial charge on any atom is -0.489 e. The van der Waals surface area contributed by atoms with Gasteiger partial charge in [0.1, 0.15) is 12.4 Å². The quantitative estimate of drug-likeness (QED) is 0.500. The van der Waals surface area contributed by atoms with Crippen molar-refractivity contribution in [1.29, 1.82) is 0 Å². The second kappa shape index (κ2) is 7.18. The van der Waals surface area contributed by atoms with Crippen LogP contribution >= 0.6 is 11.8 Å². The molecule has 0 spiro atoms. The van der Waals surface area contributed by atoms with Crippen LogP contribution < -0.4 is 10.1 Å². The maximum atomic E-state index is 11.5. The number of nitrogens with one attached hydrogen (secondary N) is 1. The molecule has 0 saturated carbocycles. The van der Waals surface area contributed by atoms with Crippen LogP contribution in [0, 0.1) is 10.1 Å². The zero-order valence-electron chi connectivity index (χ0n) is 12.8. The molecule has 1 saturated heterocycles. The molecule has 1 aliphatic heterocycles. The molecule has 0 bridgehead atoms. The number of thioether (sulfide) groups is 1. The fraction of sp³-hybridized carbons (Fsp3) is 0.0588. The summed E-state index contributed by atoms with van der Waals surface area (Å²) < 4.78 is 5.58. The molecule has 2 aromatic carbocycles. The summed E-state index contributed by atoms with van der Waals surface area (Å²) in [5.41, 5.74) is 1.24. The summed E-state index contributed by atoms with van der Waals surface area (Å²) in [6.07, 6.45) is 1.61. The van der Waals surface area contributed by atoms with Crippen molar-refractivity contribution in [1.82, 2.24) is 5.32 Å². The second-order valence-electron chi connectivity index (χ2n) is 5.10. The zero-order chi connectivity index (χ0) is 17.8. The van der Waals surface area contributed by atoms with Gasteiger partial charge in [-0.2, -0.15) is 0 Å². The molecule has 1 fully saturated rings. The lowest BCUT2D eigenvalue weighted by Gasteiger charge is -2.07. The van der Waals surface area contributed by atoms with E-state index in [-0.39, 0.29) is 17.5 Å². The van der Waals surface area contributed by atoms with E-state index in [0.717, 1.165) is 17.3 Å². The van der Waals surface area contributed by atoms with E-state index in [0.29, 0.717) is 16.2 Å². The van der Waals surface area contributed by atoms with E-state index >= 15 is 0 Å². The predicted molar refractivity (Wildman–Crippen MR) is 93.0 cm³/mol. The highest BCUT2D eigenvalue weighted by molar-refractivity contribution is 8.18. The van der Waals surface area contributed by atoms with Crippen LogP contribution in [-0.2, 0) is 11.4 Å². The maximum Gasteiger partial charge on any atom is 0.290 e. The first-order chi connectivity index (χ1) is 12.0. The lowest BCUT2D eigenvalue weighted by Crippen LogP contribution is -2.17. The Hall–Kier alpha value is -3.13. The maximum absolute atomic E-state index is 11.5. The third-order valence-electron chi connectivity index (χ3n) is 3.40. The van der Waals surface area contributed by atoms with Crippen LogP contribution in [0.5, 0.6) is 5.75 Å². The van der Waals surface area contributed by atoms with Gasteiger partial charge < -0.3 is 4.74 Å². The Morgan fingerprint density at radius 2 is 1.84 bits per heavy atom. The van der Waals surface area contributed by atoms with Crippen molar-refractivity contribution in [2.75, 3.05) is 0 Å². The molecule has 0 radical (unpaired) electrons. The molecule has 3 rings (SSSR count). The number of carbonyl (C=O) groups is 2. The van der Waals surface area contributed by atoms with E-state index in [2.05, 4.69) is 5.32 Å². The molecule has 25 heavy (non-hydrogen) atoms. The normalized spacial score (nSPS) is 15.3. The van der Waals surface area contributed by atoms with Gasteiger partial charge in [0.25, 0.3) is 16.8 Å². The highest BCUT2D eigenvalue weighted by Crippen LogP contribution is 2.26. The molecular weight excluding hydrogens is 344 g/mol. The summed E-state index contributed by atoms with van der Waals surface area (Å²) >= 11 is 0.851. The molecule has 2 amide bonds. The summed E-state index contributed by atoms with van der Waals surface area (Å²) in [5, 5.41) is 12.8. The first-order valence-electron chi connectivity index (χ1n) is 7.23. The number of hydrogen-bond acceptors (Lipinski definition) is 6. The van der Waals surface area contributed by atoms with E-state index < -0.39 is 10.8 Å². The van der Waals surface area contributed by atoms with Crippen LogP contribution in [0.25, 0.3) is 6.08 Å². The van der Waals surface area contributed by atoms with Gasteiger partial charge in [0.2, 0.25) is 0 Å². The lowest BCUT2D eigenvalue weighted by atomic mass is 10.2. The third kappa shape index (κ3) is 4.04. The molecule has 8 heteroatoms. The van der Waals surface area contributed by atoms with Gasteiger partial charge in [-0.1, -0.05) is 24.3 Å². The van der Waals surface area contributed by atoms with Gasteiger partial charge in [0.05, 0.1) is 15.4 Å². The Balaban J connectivity index is 1.68. The Morgan fingerprint density at radius 3 is 2.48 bits per heavy atom. The molecule has 0 aromatic heterocycles. The zero-order valence-corrected chi connectivity index (χ0v) is 13.6. The topological polar surface area (TPSA) is 98.5 Å². The number of nitro groups is 1. The monoisotopic (exact) mass is 356 g/mol. The van der Waals surface area contributed by atoms with E-state index in [1.54, 1.807) is 48.5 Å². The first-order valence-corrected chi connectivity index (χ1v) is 8.04. The van der Waals surface area contributed by atoms with Crippen molar-refractivity contribution >= 4 is 34.7 Å². The molecule has 0 unspecified atom stereocenters. The van der Waals surface area contributed by atoms with Crippen molar-refractivity contribution in [3.05, 3.63) is 74.7 Å². The van der Waals surface area contributed by atoms with Crippen LogP contribution in [0.4, 0.5) is 10.5 Å². The fourth-order valence-electron chi connectivity index (χ4n) is 2.20. The Morgan fingerprint density at radius 1 is 1.12 bits per heavy atom. The SMILES string of the molecule is O=C1NC(=O)/C(=C/c2ccc(OCc3ccccc3[N+](=O)[O-])cc2)S1. The number of imide groups is 1. The van der Waals surface area contributed by atoms with Gasteiger partial charge in [0.15, 0.2) is 0 Å². The number of nitro benzene ring substituents is 1. The van der Waals surface area contributed by atoms with Gasteiger partial charge in [-0.3, -0.25) is 25.0 Å².